The predicted octanol–water partition coefficient (Wildman–Crippen LogP) is 2.22. The Kier molecular flexibility index (Phi) is 4.22. The first kappa shape index (κ1) is 15.6. The lowest BCUT2D eigenvalue weighted by molar-refractivity contribution is 0.113. The minimum Gasteiger partial charge on any atom is -0.492 e. The molecule has 1 fully saturated rings. The average molecular weight is 343 g/mol. The van der Waals surface area contributed by atoms with Gasteiger partial charge < -0.3 is 10.0 Å². The van der Waals surface area contributed by atoms with Gasteiger partial charge in [0.25, 0.3) is 0 Å². The monoisotopic (exact) mass is 343 g/mol. The number of nitrogens with zero attached hydrogens (tertiary/aromatic N) is 5. The van der Waals surface area contributed by atoms with E-state index in [0.29, 0.717) is 0 Å². The van der Waals surface area contributed by atoms with E-state index in [1.165, 1.54) is 27.7 Å². The lowest BCUT2D eigenvalue weighted by atomic mass is 10.0. The highest BCUT2D eigenvalue weighted by Gasteiger charge is 2.30. The van der Waals surface area contributed by atoms with Crippen LogP contribution in [-0.4, -0.2) is 62.2 Å². The second-order valence-electron chi connectivity index (χ2n) is 6.03. The van der Waals surface area contributed by atoms with Crippen molar-refractivity contribution in [2.45, 2.75) is 13.0 Å². The van der Waals surface area contributed by atoms with Crippen LogP contribution in [0.25, 0.3) is 4.96 Å². The van der Waals surface area contributed by atoms with E-state index in [0.717, 1.165) is 42.6 Å². The molecule has 6 nitrogen and oxygen atoms in total. The number of aromatic hydroxyl groups is 1. The normalized spacial score (nSPS) is 18.2. The summed E-state index contributed by atoms with van der Waals surface area (Å²) in [5, 5.41) is 14.8. The Hall–Kier alpha value is -1.96. The number of hydrogen-bond donors (Lipinski definition) is 1. The van der Waals surface area contributed by atoms with Crippen molar-refractivity contribution >= 4 is 16.3 Å². The van der Waals surface area contributed by atoms with Gasteiger partial charge in [0.15, 0.2) is 0 Å². The van der Waals surface area contributed by atoms with Crippen LogP contribution in [0, 0.1) is 0 Å². The lowest BCUT2D eigenvalue weighted by Gasteiger charge is -2.38. The summed E-state index contributed by atoms with van der Waals surface area (Å²) in [6.45, 7) is 7.38. The third-order valence-electron chi connectivity index (χ3n) is 4.72. The van der Waals surface area contributed by atoms with Gasteiger partial charge in [-0.3, -0.25) is 4.90 Å². The van der Waals surface area contributed by atoms with Gasteiger partial charge in [0.2, 0.25) is 10.8 Å². The molecule has 1 aromatic carbocycles. The molecule has 1 atom stereocenters. The first-order valence-electron chi connectivity index (χ1n) is 8.30. The van der Waals surface area contributed by atoms with Crippen LogP contribution in [0.15, 0.2) is 36.7 Å². The highest BCUT2D eigenvalue weighted by Crippen LogP contribution is 2.39. The van der Waals surface area contributed by atoms with Crippen LogP contribution >= 0.6 is 11.3 Å². The molecule has 126 valence electrons. The van der Waals surface area contributed by atoms with Gasteiger partial charge in [0, 0.05) is 26.2 Å². The summed E-state index contributed by atoms with van der Waals surface area (Å²) in [7, 11) is 0. The molecule has 0 amide bonds. The van der Waals surface area contributed by atoms with Crippen molar-refractivity contribution in [3.8, 4) is 5.88 Å². The largest absolute Gasteiger partial charge is 0.492 e. The van der Waals surface area contributed by atoms with Gasteiger partial charge in [0.1, 0.15) is 6.33 Å². The number of benzene rings is 1. The number of thiazole rings is 1. The van der Waals surface area contributed by atoms with Gasteiger partial charge in [0.05, 0.1) is 10.9 Å². The molecular formula is C17H21N5OS. The molecular weight excluding hydrogens is 322 g/mol. The van der Waals surface area contributed by atoms with Crippen molar-refractivity contribution in [2.24, 2.45) is 0 Å². The molecule has 4 rings (SSSR count). The summed E-state index contributed by atoms with van der Waals surface area (Å²) in [5.74, 6) is 0.208. The molecule has 0 unspecified atom stereocenters. The molecule has 3 aromatic rings. The molecule has 3 heterocycles. The number of piperazine rings is 1. The van der Waals surface area contributed by atoms with Gasteiger partial charge in [-0.25, -0.2) is 4.98 Å². The molecule has 24 heavy (non-hydrogen) atoms. The lowest BCUT2D eigenvalue weighted by Crippen LogP contribution is -2.47. The molecule has 0 spiro atoms. The van der Waals surface area contributed by atoms with Crippen molar-refractivity contribution in [3.63, 3.8) is 0 Å². The quantitative estimate of drug-likeness (QED) is 0.787. The van der Waals surface area contributed by atoms with E-state index in [9.17, 15) is 5.11 Å². The molecule has 7 heteroatoms. The fourth-order valence-corrected chi connectivity index (χ4v) is 4.46. The maximum Gasteiger partial charge on any atom is 0.230 e. The number of aromatic nitrogens is 3. The summed E-state index contributed by atoms with van der Waals surface area (Å²) in [4.78, 5) is 10.8. The number of hydrogen-bond acceptors (Lipinski definition) is 6. The van der Waals surface area contributed by atoms with Gasteiger partial charge in [-0.2, -0.15) is 9.61 Å². The minimum absolute atomic E-state index is 0.0405. The third kappa shape index (κ3) is 2.68. The van der Waals surface area contributed by atoms with E-state index in [4.69, 9.17) is 0 Å². The fourth-order valence-electron chi connectivity index (χ4n) is 3.37. The maximum absolute atomic E-state index is 10.7. The summed E-state index contributed by atoms with van der Waals surface area (Å²) in [6, 6.07) is 10.4. The first-order valence-corrected chi connectivity index (χ1v) is 9.12. The van der Waals surface area contributed by atoms with Gasteiger partial charge in [-0.05, 0) is 12.1 Å². The van der Waals surface area contributed by atoms with Crippen LogP contribution in [0.1, 0.15) is 23.4 Å². The van der Waals surface area contributed by atoms with E-state index in [-0.39, 0.29) is 11.9 Å². The summed E-state index contributed by atoms with van der Waals surface area (Å²) >= 11 is 1.52. The van der Waals surface area contributed by atoms with Crippen LogP contribution in [0.3, 0.4) is 0 Å². The molecule has 0 bridgehead atoms. The molecule has 0 saturated carbocycles. The number of rotatable bonds is 4. The third-order valence-corrected chi connectivity index (χ3v) is 5.81. The molecule has 0 radical (unpaired) electrons. The summed E-state index contributed by atoms with van der Waals surface area (Å²) in [6.07, 6.45) is 1.48. The second-order valence-corrected chi connectivity index (χ2v) is 7.04. The Labute approximate surface area is 145 Å². The predicted molar refractivity (Wildman–Crippen MR) is 94.5 cm³/mol. The van der Waals surface area contributed by atoms with Crippen molar-refractivity contribution < 1.29 is 5.11 Å². The average Bonchev–Trinajstić information content (AvgIpc) is 3.21. The summed E-state index contributed by atoms with van der Waals surface area (Å²) < 4.78 is 1.53. The van der Waals surface area contributed by atoms with Gasteiger partial charge >= 0.3 is 0 Å². The zero-order chi connectivity index (χ0) is 16.5. The number of fused-ring (bicyclic) bond motifs is 1. The first-order chi connectivity index (χ1) is 11.8. The zero-order valence-electron chi connectivity index (χ0n) is 13.7. The molecule has 1 N–H and O–H groups in total. The van der Waals surface area contributed by atoms with Crippen LogP contribution in [0.2, 0.25) is 0 Å². The van der Waals surface area contributed by atoms with E-state index in [2.05, 4.69) is 51.1 Å². The molecule has 2 aromatic heterocycles. The van der Waals surface area contributed by atoms with Crippen LogP contribution < -0.4 is 0 Å². The van der Waals surface area contributed by atoms with E-state index in [1.54, 1.807) is 0 Å². The van der Waals surface area contributed by atoms with Crippen LogP contribution in [-0.2, 0) is 0 Å². The minimum atomic E-state index is 0.0405. The van der Waals surface area contributed by atoms with Gasteiger partial charge in [-0.15, -0.1) is 0 Å². The maximum atomic E-state index is 10.7. The Morgan fingerprint density at radius 1 is 1.17 bits per heavy atom. The smallest absolute Gasteiger partial charge is 0.230 e. The van der Waals surface area contributed by atoms with E-state index >= 15 is 0 Å². The van der Waals surface area contributed by atoms with E-state index < -0.39 is 0 Å². The Bertz CT molecular complexity index is 807. The van der Waals surface area contributed by atoms with E-state index in [1.807, 2.05) is 6.07 Å². The standard InChI is InChI=1S/C17H21N5OS/c1-2-20-8-10-21(11-9-20)14(13-6-4-3-5-7-13)15-16(23)22-17(24-15)18-12-19-22/h3-7,12,14,23H,2,8-11H2,1H3/t14-/m0/s1. The van der Waals surface area contributed by atoms with Crippen molar-refractivity contribution in [1.29, 1.82) is 0 Å². The Morgan fingerprint density at radius 2 is 1.92 bits per heavy atom. The molecule has 1 aliphatic rings. The Balaban J connectivity index is 1.73. The van der Waals surface area contributed by atoms with Crippen LogP contribution in [0.5, 0.6) is 5.88 Å². The topological polar surface area (TPSA) is 56.9 Å². The summed E-state index contributed by atoms with van der Waals surface area (Å²) in [5.41, 5.74) is 1.20. The zero-order valence-corrected chi connectivity index (χ0v) is 14.5. The van der Waals surface area contributed by atoms with Crippen LogP contribution in [0.4, 0.5) is 0 Å². The van der Waals surface area contributed by atoms with Crippen molar-refractivity contribution in [1.82, 2.24) is 24.4 Å². The SMILES string of the molecule is CCN1CCN([C@@H](c2ccccc2)c2sc3ncnn3c2O)CC1. The Morgan fingerprint density at radius 3 is 2.58 bits per heavy atom. The second kappa shape index (κ2) is 6.51. The number of likely N-dealkylation sites (N-methyl/N-ethyl adjacent to an activating group) is 1. The highest BCUT2D eigenvalue weighted by atomic mass is 32.1. The highest BCUT2D eigenvalue weighted by molar-refractivity contribution is 7.17. The van der Waals surface area contributed by atoms with Crippen molar-refractivity contribution in [2.75, 3.05) is 32.7 Å². The van der Waals surface area contributed by atoms with Crippen molar-refractivity contribution in [3.05, 3.63) is 47.1 Å². The molecule has 1 saturated heterocycles. The molecule has 0 aliphatic carbocycles. The fraction of sp³-hybridized carbons (Fsp3) is 0.412. The van der Waals surface area contributed by atoms with Gasteiger partial charge in [-0.1, -0.05) is 48.6 Å². The molecule has 1 aliphatic heterocycles.